The van der Waals surface area contributed by atoms with Gasteiger partial charge in [-0.3, -0.25) is 0 Å². The molecule has 0 aliphatic carbocycles. The monoisotopic (exact) mass is 377 g/mol. The van der Waals surface area contributed by atoms with Crippen LogP contribution >= 0.6 is 22.6 Å². The summed E-state index contributed by atoms with van der Waals surface area (Å²) in [5, 5.41) is 4.25. The molecule has 0 amide bonds. The average molecular weight is 377 g/mol. The Morgan fingerprint density at radius 2 is 1.90 bits per heavy atom. The van der Waals surface area contributed by atoms with E-state index in [1.165, 1.54) is 0 Å². The highest BCUT2D eigenvalue weighted by Gasteiger charge is 2.08. The predicted molar refractivity (Wildman–Crippen MR) is 88.5 cm³/mol. The second-order valence-corrected chi connectivity index (χ2v) is 5.38. The van der Waals surface area contributed by atoms with Crippen LogP contribution in [0.1, 0.15) is 0 Å². The maximum atomic E-state index is 5.37. The van der Waals surface area contributed by atoms with Crippen LogP contribution in [0.2, 0.25) is 0 Å². The number of aromatic nitrogens is 2. The van der Waals surface area contributed by atoms with Crippen LogP contribution in [0.25, 0.3) is 10.9 Å². The summed E-state index contributed by atoms with van der Waals surface area (Å²) in [6, 6.07) is 13.9. The quantitative estimate of drug-likeness (QED) is 0.702. The molecule has 0 saturated carbocycles. The predicted octanol–water partition coefficient (Wildman–Crippen LogP) is 3.99. The van der Waals surface area contributed by atoms with Crippen LogP contribution in [0.3, 0.4) is 0 Å². The number of fused-ring (bicyclic) bond motifs is 1. The third-order valence-corrected chi connectivity index (χ3v) is 3.79. The third kappa shape index (κ3) is 2.53. The van der Waals surface area contributed by atoms with E-state index in [4.69, 9.17) is 4.74 Å². The van der Waals surface area contributed by atoms with Gasteiger partial charge in [0.1, 0.15) is 17.9 Å². The summed E-state index contributed by atoms with van der Waals surface area (Å²) in [6.45, 7) is 0. The smallest absolute Gasteiger partial charge is 0.141 e. The largest absolute Gasteiger partial charge is 0.496 e. The fourth-order valence-electron chi connectivity index (χ4n) is 1.97. The number of hydrogen-bond acceptors (Lipinski definition) is 4. The zero-order valence-corrected chi connectivity index (χ0v) is 13.0. The van der Waals surface area contributed by atoms with E-state index in [9.17, 15) is 0 Å². The molecular weight excluding hydrogens is 365 g/mol. The molecule has 0 saturated heterocycles. The maximum absolute atomic E-state index is 5.37. The Balaban J connectivity index is 2.11. The Morgan fingerprint density at radius 1 is 1.10 bits per heavy atom. The molecule has 0 atom stereocenters. The van der Waals surface area contributed by atoms with E-state index in [0.717, 1.165) is 31.7 Å². The lowest BCUT2D eigenvalue weighted by Gasteiger charge is -2.10. The van der Waals surface area contributed by atoms with Crippen LogP contribution in [0.15, 0.2) is 48.8 Å². The molecule has 3 rings (SSSR count). The summed E-state index contributed by atoms with van der Waals surface area (Å²) in [4.78, 5) is 8.64. The average Bonchev–Trinajstić information content (AvgIpc) is 2.48. The molecule has 0 aliphatic rings. The highest BCUT2D eigenvalue weighted by Crippen LogP contribution is 2.30. The van der Waals surface area contributed by atoms with Crippen molar-refractivity contribution in [3.05, 3.63) is 52.4 Å². The molecule has 0 bridgehead atoms. The Kier molecular flexibility index (Phi) is 3.68. The minimum atomic E-state index is 0.774. The van der Waals surface area contributed by atoms with Crippen molar-refractivity contribution in [3.63, 3.8) is 0 Å². The zero-order chi connectivity index (χ0) is 13.9. The SMILES string of the molecule is COc1cc2c(Nc3ccccc3)ncnc2cc1I. The number of hydrogen-bond donors (Lipinski definition) is 1. The van der Waals surface area contributed by atoms with Gasteiger partial charge in [0.25, 0.3) is 0 Å². The molecule has 1 N–H and O–H groups in total. The van der Waals surface area contributed by atoms with Crippen LogP contribution < -0.4 is 10.1 Å². The summed E-state index contributed by atoms with van der Waals surface area (Å²) in [5.41, 5.74) is 1.88. The van der Waals surface area contributed by atoms with Gasteiger partial charge in [-0.2, -0.15) is 0 Å². The standard InChI is InChI=1S/C15H12IN3O/c1-20-14-7-11-13(8-12(14)16)17-9-18-15(11)19-10-5-3-2-4-6-10/h2-9H,1H3,(H,17,18,19). The van der Waals surface area contributed by atoms with Crippen molar-refractivity contribution in [2.75, 3.05) is 12.4 Å². The number of benzene rings is 2. The van der Waals surface area contributed by atoms with Crippen LogP contribution in [0, 0.1) is 3.57 Å². The first-order valence-electron chi connectivity index (χ1n) is 6.08. The maximum Gasteiger partial charge on any atom is 0.141 e. The summed E-state index contributed by atoms with van der Waals surface area (Å²) in [5.74, 6) is 1.60. The molecule has 5 heteroatoms. The number of nitrogens with one attached hydrogen (secondary N) is 1. The Morgan fingerprint density at radius 3 is 2.65 bits per heavy atom. The topological polar surface area (TPSA) is 47.0 Å². The number of nitrogens with zero attached hydrogens (tertiary/aromatic N) is 2. The molecule has 3 aromatic rings. The lowest BCUT2D eigenvalue weighted by molar-refractivity contribution is 0.412. The summed E-state index contributed by atoms with van der Waals surface area (Å²) < 4.78 is 6.40. The van der Waals surface area contributed by atoms with Gasteiger partial charge in [0.05, 0.1) is 16.2 Å². The van der Waals surface area contributed by atoms with Crippen molar-refractivity contribution in [2.45, 2.75) is 0 Å². The van der Waals surface area contributed by atoms with Gasteiger partial charge in [-0.15, -0.1) is 0 Å². The van der Waals surface area contributed by atoms with Crippen LogP contribution in [0.4, 0.5) is 11.5 Å². The number of rotatable bonds is 3. The first-order chi connectivity index (χ1) is 9.78. The minimum absolute atomic E-state index is 0.774. The fraction of sp³-hybridized carbons (Fsp3) is 0.0667. The van der Waals surface area contributed by atoms with Crippen molar-refractivity contribution >= 4 is 45.0 Å². The summed E-state index contributed by atoms with van der Waals surface area (Å²) in [7, 11) is 1.66. The molecule has 0 unspecified atom stereocenters. The van der Waals surface area contributed by atoms with E-state index < -0.39 is 0 Å². The molecule has 20 heavy (non-hydrogen) atoms. The van der Waals surface area contributed by atoms with Gasteiger partial charge >= 0.3 is 0 Å². The number of halogens is 1. The molecule has 1 aromatic heterocycles. The molecule has 100 valence electrons. The van der Waals surface area contributed by atoms with E-state index in [0.29, 0.717) is 0 Å². The molecule has 2 aromatic carbocycles. The molecule has 4 nitrogen and oxygen atoms in total. The van der Waals surface area contributed by atoms with Crippen LogP contribution in [-0.2, 0) is 0 Å². The second kappa shape index (κ2) is 5.62. The van der Waals surface area contributed by atoms with Crippen LogP contribution in [0.5, 0.6) is 5.75 Å². The molecule has 0 aliphatic heterocycles. The summed E-state index contributed by atoms with van der Waals surface area (Å²) >= 11 is 2.24. The molecular formula is C15H12IN3O. The lowest BCUT2D eigenvalue weighted by atomic mass is 10.2. The van der Waals surface area contributed by atoms with Crippen molar-refractivity contribution < 1.29 is 4.74 Å². The third-order valence-electron chi connectivity index (χ3n) is 2.95. The zero-order valence-electron chi connectivity index (χ0n) is 10.8. The molecule has 0 fully saturated rings. The molecule has 0 spiro atoms. The fourth-order valence-corrected chi connectivity index (χ4v) is 2.64. The molecule has 1 heterocycles. The number of methoxy groups -OCH3 is 1. The molecule has 0 radical (unpaired) electrons. The van der Waals surface area contributed by atoms with E-state index in [-0.39, 0.29) is 0 Å². The Bertz CT molecular complexity index is 747. The number of ether oxygens (including phenoxy) is 1. The Labute approximate surface area is 130 Å². The van der Waals surface area contributed by atoms with E-state index in [2.05, 4.69) is 37.9 Å². The van der Waals surface area contributed by atoms with Crippen molar-refractivity contribution in [1.29, 1.82) is 0 Å². The van der Waals surface area contributed by atoms with Gasteiger partial charge < -0.3 is 10.1 Å². The minimum Gasteiger partial charge on any atom is -0.496 e. The van der Waals surface area contributed by atoms with Gasteiger partial charge in [0.2, 0.25) is 0 Å². The lowest BCUT2D eigenvalue weighted by Crippen LogP contribution is -1.97. The van der Waals surface area contributed by atoms with E-state index in [1.54, 1.807) is 13.4 Å². The van der Waals surface area contributed by atoms with Crippen LogP contribution in [-0.4, -0.2) is 17.1 Å². The van der Waals surface area contributed by atoms with Crippen molar-refractivity contribution in [2.24, 2.45) is 0 Å². The first-order valence-corrected chi connectivity index (χ1v) is 7.16. The van der Waals surface area contributed by atoms with Crippen molar-refractivity contribution in [1.82, 2.24) is 9.97 Å². The van der Waals surface area contributed by atoms with E-state index >= 15 is 0 Å². The normalized spacial score (nSPS) is 10.5. The van der Waals surface area contributed by atoms with Gasteiger partial charge in [-0.25, -0.2) is 9.97 Å². The van der Waals surface area contributed by atoms with E-state index in [1.807, 2.05) is 42.5 Å². The summed E-state index contributed by atoms with van der Waals surface area (Å²) in [6.07, 6.45) is 1.57. The van der Waals surface area contributed by atoms with Gasteiger partial charge in [0.15, 0.2) is 0 Å². The van der Waals surface area contributed by atoms with Gasteiger partial charge in [-0.1, -0.05) is 18.2 Å². The number of anilines is 2. The van der Waals surface area contributed by atoms with Crippen molar-refractivity contribution in [3.8, 4) is 5.75 Å². The van der Waals surface area contributed by atoms with Gasteiger partial charge in [-0.05, 0) is 46.9 Å². The highest BCUT2D eigenvalue weighted by atomic mass is 127. The number of para-hydroxylation sites is 1. The Hall–Kier alpha value is -1.89. The first kappa shape index (κ1) is 13.1. The second-order valence-electron chi connectivity index (χ2n) is 4.22. The van der Waals surface area contributed by atoms with Gasteiger partial charge in [0, 0.05) is 11.1 Å². The highest BCUT2D eigenvalue weighted by molar-refractivity contribution is 14.1.